The number of hydrogen-bond donors (Lipinski definition) is 4. The van der Waals surface area contributed by atoms with Crippen LogP contribution in [0, 0.1) is 25.2 Å². The minimum Gasteiger partial charge on any atom is -0.365 e. The number of amides is 1. The summed E-state index contributed by atoms with van der Waals surface area (Å²) in [6.45, 7) is 3.39. The normalized spacial score (nSPS) is 11.4. The van der Waals surface area contributed by atoms with E-state index in [1.54, 1.807) is 19.9 Å². The molecule has 0 aliphatic rings. The minimum absolute atomic E-state index is 0.00534. The average molecular weight is 420 g/mol. The van der Waals surface area contributed by atoms with Gasteiger partial charge in [-0.25, -0.2) is 13.1 Å². The maximum atomic E-state index is 12.4. The van der Waals surface area contributed by atoms with E-state index in [1.807, 2.05) is 0 Å². The van der Waals surface area contributed by atoms with Crippen molar-refractivity contribution in [3.05, 3.63) is 47.3 Å². The lowest BCUT2D eigenvalue weighted by atomic mass is 10.3. The lowest BCUT2D eigenvalue weighted by molar-refractivity contribution is -0.114. The Morgan fingerprint density at radius 3 is 2.46 bits per heavy atom. The molecule has 1 aromatic carbocycles. The first-order chi connectivity index (χ1) is 13.1. The highest BCUT2D eigenvalue weighted by Crippen LogP contribution is 2.22. The van der Waals surface area contributed by atoms with Crippen molar-refractivity contribution >= 4 is 44.8 Å². The van der Waals surface area contributed by atoms with Crippen LogP contribution in [0.4, 0.5) is 11.6 Å². The van der Waals surface area contributed by atoms with E-state index in [9.17, 15) is 13.2 Å². The Balaban J connectivity index is 2.06. The molecule has 146 valence electrons. The molecule has 1 heterocycles. The predicted octanol–water partition coefficient (Wildman–Crippen LogP) is 1.27. The molecule has 0 saturated carbocycles. The van der Waals surface area contributed by atoms with E-state index in [-0.39, 0.29) is 21.5 Å². The number of hydrogen-bond acceptors (Lipinski definition) is 7. The number of primary amides is 1. The molecule has 2 rings (SSSR count). The summed E-state index contributed by atoms with van der Waals surface area (Å²) in [7, 11) is -3.86. The van der Waals surface area contributed by atoms with Crippen LogP contribution < -0.4 is 21.1 Å². The minimum atomic E-state index is -3.86. The van der Waals surface area contributed by atoms with Gasteiger partial charge in [0, 0.05) is 17.5 Å². The number of thiocarbonyl (C=S) groups is 1. The third-order valence-electron chi connectivity index (χ3n) is 3.54. The van der Waals surface area contributed by atoms with Gasteiger partial charge < -0.3 is 20.9 Å². The van der Waals surface area contributed by atoms with Gasteiger partial charge in [0.15, 0.2) is 5.11 Å². The van der Waals surface area contributed by atoms with E-state index in [0.29, 0.717) is 16.9 Å². The Bertz CT molecular complexity index is 1080. The molecule has 0 aliphatic carbocycles. The maximum Gasteiger partial charge on any atom is 0.264 e. The fourth-order valence-electron chi connectivity index (χ4n) is 1.87. The largest absolute Gasteiger partial charge is 0.365 e. The zero-order chi connectivity index (χ0) is 20.9. The molecule has 1 amide bonds. The number of nitrogens with one attached hydrogen (secondary N) is 3. The van der Waals surface area contributed by atoms with Gasteiger partial charge in [-0.3, -0.25) is 4.79 Å². The highest BCUT2D eigenvalue weighted by molar-refractivity contribution is 7.92. The Hall–Kier alpha value is -3.43. The monoisotopic (exact) mass is 420 g/mol. The Morgan fingerprint density at radius 1 is 1.32 bits per heavy atom. The fourth-order valence-corrected chi connectivity index (χ4v) is 3.10. The summed E-state index contributed by atoms with van der Waals surface area (Å²) in [5, 5.41) is 17.8. The van der Waals surface area contributed by atoms with Gasteiger partial charge in [0.1, 0.15) is 11.6 Å². The molecule has 0 atom stereocenters. The second kappa shape index (κ2) is 8.51. The van der Waals surface area contributed by atoms with Crippen LogP contribution >= 0.6 is 12.2 Å². The molecule has 5 N–H and O–H groups in total. The SMILES string of the molecule is Cc1noc(NS(=O)(=O)c2ccc(NC(=S)N/C=C(/C#N)C(N)=O)cc2)c1C. The number of anilines is 2. The zero-order valence-corrected chi connectivity index (χ0v) is 16.4. The molecule has 10 nitrogen and oxygen atoms in total. The molecule has 0 saturated heterocycles. The van der Waals surface area contributed by atoms with E-state index in [0.717, 1.165) is 6.20 Å². The number of carbonyl (C=O) groups excluding carboxylic acids is 1. The van der Waals surface area contributed by atoms with Crippen LogP contribution in [0.5, 0.6) is 0 Å². The Labute approximate surface area is 166 Å². The van der Waals surface area contributed by atoms with Crippen molar-refractivity contribution < 1.29 is 17.7 Å². The van der Waals surface area contributed by atoms with E-state index in [2.05, 4.69) is 20.5 Å². The lowest BCUT2D eigenvalue weighted by Gasteiger charge is -2.09. The number of sulfonamides is 1. The maximum absolute atomic E-state index is 12.4. The third kappa shape index (κ3) is 5.06. The number of carbonyl (C=O) groups is 1. The summed E-state index contributed by atoms with van der Waals surface area (Å²) in [5.41, 5.74) is 6.37. The van der Waals surface area contributed by atoms with Gasteiger partial charge in [-0.1, -0.05) is 5.16 Å². The highest BCUT2D eigenvalue weighted by Gasteiger charge is 2.19. The van der Waals surface area contributed by atoms with Gasteiger partial charge in [0.05, 0.1) is 10.6 Å². The number of nitriles is 1. The van der Waals surface area contributed by atoms with Crippen LogP contribution in [0.1, 0.15) is 11.3 Å². The molecule has 12 heteroatoms. The van der Waals surface area contributed by atoms with Gasteiger partial charge in [-0.15, -0.1) is 0 Å². The molecule has 0 radical (unpaired) electrons. The van der Waals surface area contributed by atoms with Crippen molar-refractivity contribution in [3.8, 4) is 6.07 Å². The number of nitrogens with zero attached hydrogens (tertiary/aromatic N) is 2. The van der Waals surface area contributed by atoms with Crippen LogP contribution in [0.2, 0.25) is 0 Å². The fraction of sp³-hybridized carbons (Fsp3) is 0.125. The molecule has 1 aromatic heterocycles. The number of aromatic nitrogens is 1. The van der Waals surface area contributed by atoms with E-state index >= 15 is 0 Å². The third-order valence-corrected chi connectivity index (χ3v) is 5.11. The summed E-state index contributed by atoms with van der Waals surface area (Å²) in [4.78, 5) is 10.9. The average Bonchev–Trinajstić information content (AvgIpc) is 2.94. The Morgan fingerprint density at radius 2 is 1.96 bits per heavy atom. The highest BCUT2D eigenvalue weighted by atomic mass is 32.2. The van der Waals surface area contributed by atoms with Crippen LogP contribution in [0.15, 0.2) is 45.5 Å². The van der Waals surface area contributed by atoms with Crippen LogP contribution in [0.25, 0.3) is 0 Å². The van der Waals surface area contributed by atoms with Crippen molar-refractivity contribution in [1.29, 1.82) is 5.26 Å². The van der Waals surface area contributed by atoms with Gasteiger partial charge in [-0.2, -0.15) is 5.26 Å². The van der Waals surface area contributed by atoms with Crippen molar-refractivity contribution in [1.82, 2.24) is 10.5 Å². The summed E-state index contributed by atoms with van der Waals surface area (Å²) < 4.78 is 32.2. The summed E-state index contributed by atoms with van der Waals surface area (Å²) >= 11 is 5.02. The molecule has 0 bridgehead atoms. The molecule has 2 aromatic rings. The van der Waals surface area contributed by atoms with E-state index in [1.165, 1.54) is 24.3 Å². The Kier molecular flexibility index (Phi) is 6.34. The number of aryl methyl sites for hydroxylation is 1. The smallest absolute Gasteiger partial charge is 0.264 e. The number of benzene rings is 1. The van der Waals surface area contributed by atoms with Crippen molar-refractivity contribution in [2.75, 3.05) is 10.0 Å². The predicted molar refractivity (Wildman–Crippen MR) is 105 cm³/mol. The van der Waals surface area contributed by atoms with Crippen molar-refractivity contribution in [2.24, 2.45) is 5.73 Å². The summed E-state index contributed by atoms with van der Waals surface area (Å²) in [6.07, 6.45) is 1.07. The standard InChI is InChI=1S/C16H16N6O4S2/c1-9-10(2)21-26-15(9)22-28(24,25)13-5-3-12(4-6-13)20-16(27)19-8-11(7-17)14(18)23/h3-6,8,22H,1-2H3,(H2,18,23)(H2,19,20,27)/b11-8-. The van der Waals surface area contributed by atoms with Gasteiger partial charge in [-0.05, 0) is 50.3 Å². The van der Waals surface area contributed by atoms with E-state index in [4.69, 9.17) is 27.7 Å². The van der Waals surface area contributed by atoms with Crippen LogP contribution in [0.3, 0.4) is 0 Å². The topological polar surface area (TPSA) is 163 Å². The summed E-state index contributed by atoms with van der Waals surface area (Å²) in [6, 6.07) is 7.33. The second-order valence-corrected chi connectivity index (χ2v) is 7.58. The first kappa shape index (κ1) is 20.9. The van der Waals surface area contributed by atoms with Gasteiger partial charge in [0.25, 0.3) is 15.9 Å². The molecular weight excluding hydrogens is 404 g/mol. The number of rotatable bonds is 6. The number of nitrogens with two attached hydrogens (primary N) is 1. The molecule has 0 unspecified atom stereocenters. The molecule has 28 heavy (non-hydrogen) atoms. The van der Waals surface area contributed by atoms with Gasteiger partial charge in [0.2, 0.25) is 5.88 Å². The summed E-state index contributed by atoms with van der Waals surface area (Å²) in [5.74, 6) is -0.836. The van der Waals surface area contributed by atoms with Crippen molar-refractivity contribution in [2.45, 2.75) is 18.7 Å². The van der Waals surface area contributed by atoms with E-state index < -0.39 is 15.9 Å². The quantitative estimate of drug-likeness (QED) is 0.306. The molecule has 0 aliphatic heterocycles. The lowest BCUT2D eigenvalue weighted by Crippen LogP contribution is -2.25. The second-order valence-electron chi connectivity index (χ2n) is 5.48. The van der Waals surface area contributed by atoms with Crippen molar-refractivity contribution in [3.63, 3.8) is 0 Å². The van der Waals surface area contributed by atoms with Crippen LogP contribution in [-0.2, 0) is 14.8 Å². The molecular formula is C16H16N6O4S2. The zero-order valence-electron chi connectivity index (χ0n) is 14.8. The molecule has 0 spiro atoms. The van der Waals surface area contributed by atoms with Gasteiger partial charge >= 0.3 is 0 Å². The first-order valence-electron chi connectivity index (χ1n) is 7.67. The molecule has 0 fully saturated rings. The first-order valence-corrected chi connectivity index (χ1v) is 9.56. The van der Waals surface area contributed by atoms with Crippen LogP contribution in [-0.4, -0.2) is 24.6 Å².